The number of benzene rings is 3. The van der Waals surface area contributed by atoms with Gasteiger partial charge in [-0.3, -0.25) is 9.59 Å². The zero-order valence-corrected chi connectivity index (χ0v) is 15.3. The minimum absolute atomic E-state index is 0.00105. The molecule has 0 aliphatic carbocycles. The molecular formula is C23H22N2O2. The topological polar surface area (TPSA) is 49.4 Å². The van der Waals surface area contributed by atoms with Gasteiger partial charge in [-0.15, -0.1) is 0 Å². The van der Waals surface area contributed by atoms with Crippen LogP contribution in [0.5, 0.6) is 0 Å². The van der Waals surface area contributed by atoms with E-state index in [1.165, 1.54) is 0 Å². The summed E-state index contributed by atoms with van der Waals surface area (Å²) in [7, 11) is 0. The highest BCUT2D eigenvalue weighted by Gasteiger charge is 2.36. The van der Waals surface area contributed by atoms with Crippen molar-refractivity contribution in [1.29, 1.82) is 0 Å². The van der Waals surface area contributed by atoms with Crippen LogP contribution >= 0.6 is 0 Å². The van der Waals surface area contributed by atoms with E-state index in [9.17, 15) is 9.59 Å². The number of hydrogen-bond acceptors (Lipinski definition) is 2. The predicted molar refractivity (Wildman–Crippen MR) is 107 cm³/mol. The standard InChI is InChI=1S/C23H22N2O2/c1-16(17-8-3-2-4-9-17)24-23(27)19-14-22(26)25(15-19)21-13-7-11-18-10-5-6-12-20(18)21/h2-13,16,19H,14-15H2,1H3,(H,24,27)/t16-,19+/m1/s1. The van der Waals surface area contributed by atoms with Gasteiger partial charge in [-0.2, -0.15) is 0 Å². The van der Waals surface area contributed by atoms with E-state index in [1.807, 2.05) is 79.7 Å². The molecule has 4 nitrogen and oxygen atoms in total. The van der Waals surface area contributed by atoms with Gasteiger partial charge in [0.25, 0.3) is 0 Å². The average Bonchev–Trinajstić information content (AvgIpc) is 3.10. The molecule has 0 bridgehead atoms. The lowest BCUT2D eigenvalue weighted by Crippen LogP contribution is -2.34. The van der Waals surface area contributed by atoms with Gasteiger partial charge in [-0.25, -0.2) is 0 Å². The zero-order chi connectivity index (χ0) is 18.8. The maximum Gasteiger partial charge on any atom is 0.227 e. The Hall–Kier alpha value is -3.14. The third-order valence-corrected chi connectivity index (χ3v) is 5.21. The fourth-order valence-corrected chi connectivity index (χ4v) is 3.72. The monoisotopic (exact) mass is 358 g/mol. The lowest BCUT2D eigenvalue weighted by molar-refractivity contribution is -0.126. The van der Waals surface area contributed by atoms with E-state index in [4.69, 9.17) is 0 Å². The van der Waals surface area contributed by atoms with E-state index in [1.54, 1.807) is 4.90 Å². The van der Waals surface area contributed by atoms with Crippen molar-refractivity contribution in [3.8, 4) is 0 Å². The number of rotatable bonds is 4. The molecule has 0 spiro atoms. The smallest absolute Gasteiger partial charge is 0.227 e. The molecule has 1 aliphatic heterocycles. The number of hydrogen-bond donors (Lipinski definition) is 1. The van der Waals surface area contributed by atoms with E-state index in [-0.39, 0.29) is 30.2 Å². The lowest BCUT2D eigenvalue weighted by Gasteiger charge is -2.20. The Morgan fingerprint density at radius 2 is 1.70 bits per heavy atom. The molecule has 4 rings (SSSR count). The number of fused-ring (bicyclic) bond motifs is 1. The molecule has 2 amide bonds. The number of nitrogens with zero attached hydrogens (tertiary/aromatic N) is 1. The van der Waals surface area contributed by atoms with Crippen molar-refractivity contribution in [3.63, 3.8) is 0 Å². The third-order valence-electron chi connectivity index (χ3n) is 5.21. The summed E-state index contributed by atoms with van der Waals surface area (Å²) in [4.78, 5) is 27.1. The molecule has 1 heterocycles. The van der Waals surface area contributed by atoms with Crippen molar-refractivity contribution in [2.45, 2.75) is 19.4 Å². The van der Waals surface area contributed by atoms with Gasteiger partial charge in [0.05, 0.1) is 17.6 Å². The maximum atomic E-state index is 12.7. The molecule has 1 saturated heterocycles. The van der Waals surface area contributed by atoms with Gasteiger partial charge in [0, 0.05) is 18.4 Å². The first-order valence-electron chi connectivity index (χ1n) is 9.27. The summed E-state index contributed by atoms with van der Waals surface area (Å²) in [6, 6.07) is 23.7. The summed E-state index contributed by atoms with van der Waals surface area (Å²) >= 11 is 0. The van der Waals surface area contributed by atoms with Gasteiger partial charge >= 0.3 is 0 Å². The molecular weight excluding hydrogens is 336 g/mol. The highest BCUT2D eigenvalue weighted by molar-refractivity contribution is 6.07. The molecule has 136 valence electrons. The highest BCUT2D eigenvalue weighted by Crippen LogP contribution is 2.32. The van der Waals surface area contributed by atoms with E-state index < -0.39 is 0 Å². The molecule has 0 unspecified atom stereocenters. The van der Waals surface area contributed by atoms with E-state index in [0.717, 1.165) is 22.0 Å². The number of carbonyl (C=O) groups excluding carboxylic acids is 2. The zero-order valence-electron chi connectivity index (χ0n) is 15.3. The number of amides is 2. The fourth-order valence-electron chi connectivity index (χ4n) is 3.72. The summed E-state index contributed by atoms with van der Waals surface area (Å²) < 4.78 is 0. The van der Waals surface area contributed by atoms with Gasteiger partial charge in [0.1, 0.15) is 0 Å². The van der Waals surface area contributed by atoms with Gasteiger partial charge in [-0.05, 0) is 23.9 Å². The van der Waals surface area contributed by atoms with Crippen LogP contribution in [0.4, 0.5) is 5.69 Å². The summed E-state index contributed by atoms with van der Waals surface area (Å²) in [6.45, 7) is 2.38. The third kappa shape index (κ3) is 3.43. The van der Waals surface area contributed by atoms with Crippen LogP contribution in [0, 0.1) is 5.92 Å². The molecule has 0 saturated carbocycles. The van der Waals surface area contributed by atoms with Crippen LogP contribution in [0.1, 0.15) is 24.9 Å². The Bertz CT molecular complexity index is 979. The lowest BCUT2D eigenvalue weighted by atomic mass is 10.0. The van der Waals surface area contributed by atoms with Crippen molar-refractivity contribution in [1.82, 2.24) is 5.32 Å². The maximum absolute atomic E-state index is 12.7. The highest BCUT2D eigenvalue weighted by atomic mass is 16.2. The fraction of sp³-hybridized carbons (Fsp3) is 0.217. The minimum atomic E-state index is -0.331. The van der Waals surface area contributed by atoms with Crippen LogP contribution in [0.3, 0.4) is 0 Å². The summed E-state index contributed by atoms with van der Waals surface area (Å²) in [5.74, 6) is -0.399. The molecule has 4 heteroatoms. The molecule has 1 N–H and O–H groups in total. The van der Waals surface area contributed by atoms with Gasteiger partial charge in [0.2, 0.25) is 11.8 Å². The Kier molecular flexibility index (Phi) is 4.63. The molecule has 1 fully saturated rings. The van der Waals surface area contributed by atoms with Crippen LogP contribution in [-0.2, 0) is 9.59 Å². The Morgan fingerprint density at radius 1 is 1.00 bits per heavy atom. The first kappa shape index (κ1) is 17.3. The Morgan fingerprint density at radius 3 is 2.52 bits per heavy atom. The predicted octanol–water partition coefficient (Wildman–Crippen LogP) is 4.07. The summed E-state index contributed by atoms with van der Waals surface area (Å²) in [5.41, 5.74) is 1.94. The summed E-state index contributed by atoms with van der Waals surface area (Å²) in [5, 5.41) is 5.18. The van der Waals surface area contributed by atoms with Crippen molar-refractivity contribution < 1.29 is 9.59 Å². The van der Waals surface area contributed by atoms with Crippen molar-refractivity contribution in [3.05, 3.63) is 78.4 Å². The quantitative estimate of drug-likeness (QED) is 0.764. The van der Waals surface area contributed by atoms with Crippen molar-refractivity contribution in [2.75, 3.05) is 11.4 Å². The molecule has 3 aromatic carbocycles. The average molecular weight is 358 g/mol. The SMILES string of the molecule is C[C@@H](NC(=O)[C@H]1CC(=O)N(c2cccc3ccccc23)C1)c1ccccc1. The summed E-state index contributed by atoms with van der Waals surface area (Å²) in [6.07, 6.45) is 0.247. The second-order valence-corrected chi connectivity index (χ2v) is 7.04. The Balaban J connectivity index is 1.51. The van der Waals surface area contributed by atoms with Crippen molar-refractivity contribution in [2.24, 2.45) is 5.92 Å². The van der Waals surface area contributed by atoms with Crippen LogP contribution in [0.2, 0.25) is 0 Å². The van der Waals surface area contributed by atoms with E-state index >= 15 is 0 Å². The minimum Gasteiger partial charge on any atom is -0.349 e. The Labute approximate surface area is 158 Å². The van der Waals surface area contributed by atoms with Crippen molar-refractivity contribution >= 4 is 28.3 Å². The van der Waals surface area contributed by atoms with Crippen LogP contribution in [0.25, 0.3) is 10.8 Å². The van der Waals surface area contributed by atoms with Crippen LogP contribution in [0.15, 0.2) is 72.8 Å². The van der Waals surface area contributed by atoms with Gasteiger partial charge < -0.3 is 10.2 Å². The van der Waals surface area contributed by atoms with Gasteiger partial charge in [0.15, 0.2) is 0 Å². The number of carbonyl (C=O) groups is 2. The molecule has 2 atom stereocenters. The first-order valence-corrected chi connectivity index (χ1v) is 9.27. The molecule has 27 heavy (non-hydrogen) atoms. The largest absolute Gasteiger partial charge is 0.349 e. The van der Waals surface area contributed by atoms with Gasteiger partial charge in [-0.1, -0.05) is 66.7 Å². The number of nitrogens with one attached hydrogen (secondary N) is 1. The second kappa shape index (κ2) is 7.23. The van der Waals surface area contributed by atoms with E-state index in [0.29, 0.717) is 6.54 Å². The van der Waals surface area contributed by atoms with Crippen LogP contribution in [-0.4, -0.2) is 18.4 Å². The molecule has 3 aromatic rings. The molecule has 0 aromatic heterocycles. The van der Waals surface area contributed by atoms with E-state index in [2.05, 4.69) is 5.32 Å². The number of anilines is 1. The molecule has 1 aliphatic rings. The normalized spacial score (nSPS) is 17.9. The first-order chi connectivity index (χ1) is 13.1. The van der Waals surface area contributed by atoms with Crippen LogP contribution < -0.4 is 10.2 Å². The second-order valence-electron chi connectivity index (χ2n) is 7.04. The molecule has 0 radical (unpaired) electrons.